The molecule has 0 aromatic carbocycles. The molecule has 17 heavy (non-hydrogen) atoms. The number of fused-ring (bicyclic) bond motifs is 2. The first kappa shape index (κ1) is 12.2. The third kappa shape index (κ3) is 2.34. The Bertz CT molecular complexity index is 389. The third-order valence-electron chi connectivity index (χ3n) is 4.59. The molecule has 4 atom stereocenters. The highest BCUT2D eigenvalue weighted by molar-refractivity contribution is 9.11. The van der Waals surface area contributed by atoms with Crippen LogP contribution in [0.3, 0.4) is 0 Å². The zero-order valence-corrected chi connectivity index (χ0v) is 12.7. The van der Waals surface area contributed by atoms with E-state index < -0.39 is 0 Å². The van der Waals surface area contributed by atoms with E-state index in [1.807, 2.05) is 11.3 Å². The van der Waals surface area contributed by atoms with Gasteiger partial charge in [0.05, 0.1) is 3.79 Å². The summed E-state index contributed by atoms with van der Waals surface area (Å²) in [5.74, 6) is 2.91. The number of hydrogen-bond donors (Lipinski definition) is 1. The van der Waals surface area contributed by atoms with Gasteiger partial charge in [0.15, 0.2) is 0 Å². The van der Waals surface area contributed by atoms with E-state index in [-0.39, 0.29) is 0 Å². The molecule has 0 saturated heterocycles. The van der Waals surface area contributed by atoms with Crippen molar-refractivity contribution in [2.45, 2.75) is 38.6 Å². The first-order valence-corrected chi connectivity index (χ1v) is 8.42. The Morgan fingerprint density at radius 3 is 2.88 bits per heavy atom. The molecule has 2 fully saturated rings. The summed E-state index contributed by atoms with van der Waals surface area (Å²) in [7, 11) is 0. The molecule has 0 radical (unpaired) electrons. The highest BCUT2D eigenvalue weighted by Gasteiger charge is 2.43. The number of nitrogens with one attached hydrogen (secondary N) is 1. The quantitative estimate of drug-likeness (QED) is 0.856. The highest BCUT2D eigenvalue weighted by Crippen LogP contribution is 2.52. The zero-order valence-electron chi connectivity index (χ0n) is 10.3. The van der Waals surface area contributed by atoms with Crippen LogP contribution < -0.4 is 5.32 Å². The second-order valence-electron chi connectivity index (χ2n) is 5.56. The van der Waals surface area contributed by atoms with Gasteiger partial charge in [0.25, 0.3) is 0 Å². The summed E-state index contributed by atoms with van der Waals surface area (Å²) in [6, 6.07) is 2.90. The maximum atomic E-state index is 3.72. The molecule has 2 aliphatic carbocycles. The highest BCUT2D eigenvalue weighted by atomic mass is 79.9. The van der Waals surface area contributed by atoms with Gasteiger partial charge in [-0.1, -0.05) is 13.3 Å². The summed E-state index contributed by atoms with van der Waals surface area (Å²) < 4.78 is 1.26. The van der Waals surface area contributed by atoms with Gasteiger partial charge in [-0.2, -0.15) is 0 Å². The number of rotatable bonds is 4. The van der Waals surface area contributed by atoms with Crippen LogP contribution >= 0.6 is 27.3 Å². The van der Waals surface area contributed by atoms with Gasteiger partial charge in [-0.15, -0.1) is 11.3 Å². The van der Waals surface area contributed by atoms with Crippen LogP contribution in [-0.4, -0.2) is 6.54 Å². The predicted octanol–water partition coefficient (Wildman–Crippen LogP) is 4.60. The second-order valence-corrected chi connectivity index (χ2v) is 7.85. The van der Waals surface area contributed by atoms with Crippen LogP contribution in [0.2, 0.25) is 0 Å². The molecular formula is C14H20BrNS. The van der Waals surface area contributed by atoms with Crippen molar-refractivity contribution in [3.8, 4) is 0 Å². The molecule has 0 aliphatic heterocycles. The summed E-state index contributed by atoms with van der Waals surface area (Å²) in [6.07, 6.45) is 5.92. The van der Waals surface area contributed by atoms with Gasteiger partial charge in [0.2, 0.25) is 0 Å². The van der Waals surface area contributed by atoms with Crippen LogP contribution in [0.5, 0.6) is 0 Å². The average Bonchev–Trinajstić information content (AvgIpc) is 3.01. The maximum Gasteiger partial charge on any atom is 0.0701 e. The Morgan fingerprint density at radius 1 is 1.47 bits per heavy atom. The molecule has 0 spiro atoms. The lowest BCUT2D eigenvalue weighted by Gasteiger charge is -2.30. The van der Waals surface area contributed by atoms with Gasteiger partial charge in [0.1, 0.15) is 0 Å². The topological polar surface area (TPSA) is 12.0 Å². The first-order chi connectivity index (χ1) is 8.28. The Balaban J connectivity index is 1.80. The molecule has 1 heterocycles. The molecule has 2 aliphatic rings. The summed E-state index contributed by atoms with van der Waals surface area (Å²) in [4.78, 5) is 0. The van der Waals surface area contributed by atoms with Crippen LogP contribution in [-0.2, 0) is 0 Å². The molecule has 2 bridgehead atoms. The van der Waals surface area contributed by atoms with E-state index in [1.165, 1.54) is 35.0 Å². The lowest BCUT2D eigenvalue weighted by atomic mass is 9.81. The van der Waals surface area contributed by atoms with Crippen molar-refractivity contribution in [3.63, 3.8) is 0 Å². The second kappa shape index (κ2) is 5.02. The molecule has 1 N–H and O–H groups in total. The maximum absolute atomic E-state index is 3.72. The molecule has 3 rings (SSSR count). The Kier molecular flexibility index (Phi) is 3.60. The third-order valence-corrected chi connectivity index (χ3v) is 6.11. The monoisotopic (exact) mass is 313 g/mol. The van der Waals surface area contributed by atoms with Gasteiger partial charge in [-0.3, -0.25) is 0 Å². The van der Waals surface area contributed by atoms with Crippen LogP contribution in [0.4, 0.5) is 0 Å². The van der Waals surface area contributed by atoms with Crippen molar-refractivity contribution in [2.75, 3.05) is 6.54 Å². The van der Waals surface area contributed by atoms with E-state index in [4.69, 9.17) is 0 Å². The first-order valence-electron chi connectivity index (χ1n) is 6.75. The van der Waals surface area contributed by atoms with Gasteiger partial charge in [-0.05, 0) is 76.5 Å². The summed E-state index contributed by atoms with van der Waals surface area (Å²) in [6.45, 7) is 3.30. The number of hydrogen-bond acceptors (Lipinski definition) is 2. The minimum atomic E-state index is 0.595. The molecule has 1 aromatic heterocycles. The van der Waals surface area contributed by atoms with Gasteiger partial charge >= 0.3 is 0 Å². The van der Waals surface area contributed by atoms with E-state index in [0.717, 1.165) is 24.3 Å². The molecule has 1 nitrogen and oxygen atoms in total. The Morgan fingerprint density at radius 2 is 2.35 bits per heavy atom. The van der Waals surface area contributed by atoms with E-state index in [1.54, 1.807) is 0 Å². The minimum Gasteiger partial charge on any atom is -0.310 e. The van der Waals surface area contributed by atoms with E-state index >= 15 is 0 Å². The average molecular weight is 314 g/mol. The SMILES string of the molecule is CCNC(c1csc(Br)c1)C1CC2CCC1C2. The van der Waals surface area contributed by atoms with E-state index in [2.05, 4.69) is 39.6 Å². The molecule has 4 unspecified atom stereocenters. The van der Waals surface area contributed by atoms with Crippen molar-refractivity contribution in [1.29, 1.82) is 0 Å². The fourth-order valence-electron chi connectivity index (χ4n) is 3.93. The van der Waals surface area contributed by atoms with E-state index in [9.17, 15) is 0 Å². The van der Waals surface area contributed by atoms with Gasteiger partial charge in [0, 0.05) is 6.04 Å². The van der Waals surface area contributed by atoms with Crippen LogP contribution in [0.25, 0.3) is 0 Å². The van der Waals surface area contributed by atoms with Crippen molar-refractivity contribution < 1.29 is 0 Å². The molecule has 3 heteroatoms. The molecule has 1 aromatic rings. The molecular weight excluding hydrogens is 294 g/mol. The van der Waals surface area contributed by atoms with Crippen LogP contribution in [0.1, 0.15) is 44.2 Å². The standard InChI is InChI=1S/C14H20BrNS/c1-2-16-14(11-7-13(15)17-8-11)12-6-9-3-4-10(12)5-9/h7-10,12,14,16H,2-6H2,1H3. The zero-order chi connectivity index (χ0) is 11.8. The molecule has 94 valence electrons. The Hall–Kier alpha value is 0.140. The van der Waals surface area contributed by atoms with Gasteiger partial charge in [-0.25, -0.2) is 0 Å². The van der Waals surface area contributed by atoms with Gasteiger partial charge < -0.3 is 5.32 Å². The largest absolute Gasteiger partial charge is 0.310 e. The number of halogens is 1. The van der Waals surface area contributed by atoms with Crippen LogP contribution in [0.15, 0.2) is 15.2 Å². The summed E-state index contributed by atoms with van der Waals surface area (Å²) in [5, 5.41) is 6.05. The fraction of sp³-hybridized carbons (Fsp3) is 0.714. The lowest BCUT2D eigenvalue weighted by molar-refractivity contribution is 0.253. The summed E-state index contributed by atoms with van der Waals surface area (Å²) in [5.41, 5.74) is 1.50. The van der Waals surface area contributed by atoms with Crippen molar-refractivity contribution in [2.24, 2.45) is 17.8 Å². The Labute approximate surface area is 116 Å². The van der Waals surface area contributed by atoms with Crippen molar-refractivity contribution >= 4 is 27.3 Å². The molecule has 0 amide bonds. The fourth-order valence-corrected chi connectivity index (χ4v) is 5.14. The summed E-state index contributed by atoms with van der Waals surface area (Å²) >= 11 is 5.41. The predicted molar refractivity (Wildman–Crippen MR) is 77.4 cm³/mol. The van der Waals surface area contributed by atoms with E-state index in [0.29, 0.717) is 6.04 Å². The lowest BCUT2D eigenvalue weighted by Crippen LogP contribution is -2.31. The van der Waals surface area contributed by atoms with Crippen LogP contribution in [0, 0.1) is 17.8 Å². The normalized spacial score (nSPS) is 33.2. The minimum absolute atomic E-state index is 0.595. The smallest absolute Gasteiger partial charge is 0.0701 e. The van der Waals surface area contributed by atoms with Crippen molar-refractivity contribution in [1.82, 2.24) is 5.32 Å². The molecule has 2 saturated carbocycles. The van der Waals surface area contributed by atoms with Crippen molar-refractivity contribution in [3.05, 3.63) is 20.8 Å². The number of thiophene rings is 1.